The fourth-order valence-corrected chi connectivity index (χ4v) is 2.92. The Morgan fingerprint density at radius 1 is 1.35 bits per heavy atom. The van der Waals surface area contributed by atoms with E-state index in [9.17, 15) is 13.2 Å². The van der Waals surface area contributed by atoms with Crippen LogP contribution in [0.5, 0.6) is 0 Å². The fraction of sp³-hybridized carbons (Fsp3) is 0.500. The minimum absolute atomic E-state index is 0.0666. The van der Waals surface area contributed by atoms with E-state index in [1.54, 1.807) is 26.8 Å². The normalized spacial score (nSPS) is 13.7. The second kappa shape index (κ2) is 5.16. The van der Waals surface area contributed by atoms with Crippen LogP contribution in [0.1, 0.15) is 31.7 Å². The van der Waals surface area contributed by atoms with Gasteiger partial charge < -0.3 is 5.32 Å². The Hall–Kier alpha value is -0.920. The molecule has 0 radical (unpaired) electrons. The number of hydrogen-bond acceptors (Lipinski definition) is 4. The molecule has 0 aliphatic heterocycles. The van der Waals surface area contributed by atoms with Gasteiger partial charge in [0, 0.05) is 10.8 Å². The van der Waals surface area contributed by atoms with Crippen molar-refractivity contribution in [3.63, 3.8) is 0 Å². The van der Waals surface area contributed by atoms with Crippen LogP contribution in [0.15, 0.2) is 16.3 Å². The van der Waals surface area contributed by atoms with Gasteiger partial charge in [0.15, 0.2) is 0 Å². The fourth-order valence-electron chi connectivity index (χ4n) is 1.17. The third-order valence-electron chi connectivity index (χ3n) is 2.19. The summed E-state index contributed by atoms with van der Waals surface area (Å²) in [7, 11) is -3.65. The van der Waals surface area contributed by atoms with Gasteiger partial charge >= 0.3 is 0 Å². The van der Waals surface area contributed by atoms with E-state index in [1.165, 1.54) is 6.07 Å². The second-order valence-corrected chi connectivity index (χ2v) is 6.99. The molecule has 0 spiro atoms. The maximum atomic E-state index is 11.5. The number of carbonyl (C=O) groups excluding carboxylic acids is 1. The third kappa shape index (κ3) is 3.79. The van der Waals surface area contributed by atoms with Crippen molar-refractivity contribution in [3.8, 4) is 0 Å². The minimum atomic E-state index is -3.65. The molecule has 0 saturated carbocycles. The van der Waals surface area contributed by atoms with E-state index in [2.05, 4.69) is 5.32 Å². The molecule has 1 heterocycles. The zero-order valence-corrected chi connectivity index (χ0v) is 11.6. The molecule has 1 atom stereocenters. The Kier molecular flexibility index (Phi) is 4.29. The van der Waals surface area contributed by atoms with Crippen molar-refractivity contribution in [3.05, 3.63) is 17.0 Å². The number of hydrogen-bond donors (Lipinski definition) is 2. The smallest absolute Gasteiger partial charge is 0.247 e. The molecular weight excluding hydrogens is 260 g/mol. The van der Waals surface area contributed by atoms with E-state index in [0.717, 1.165) is 16.2 Å². The van der Waals surface area contributed by atoms with E-state index >= 15 is 0 Å². The molecule has 0 aliphatic rings. The molecule has 7 heteroatoms. The average Bonchev–Trinajstić information content (AvgIpc) is 2.65. The molecule has 0 aliphatic carbocycles. The first-order valence-corrected chi connectivity index (χ1v) is 7.51. The number of nitrogens with two attached hydrogens (primary N) is 1. The summed E-state index contributed by atoms with van der Waals surface area (Å²) in [6, 6.07) is 2.90. The van der Waals surface area contributed by atoms with Crippen LogP contribution >= 0.6 is 11.3 Å². The van der Waals surface area contributed by atoms with Crippen LogP contribution in [0, 0.1) is 5.92 Å². The van der Waals surface area contributed by atoms with Crippen LogP contribution in [-0.4, -0.2) is 14.3 Å². The summed E-state index contributed by atoms with van der Waals surface area (Å²) in [4.78, 5) is 12.2. The van der Waals surface area contributed by atoms with Crippen LogP contribution < -0.4 is 10.5 Å². The lowest BCUT2D eigenvalue weighted by Crippen LogP contribution is -2.29. The predicted octanol–water partition coefficient (Wildman–Crippen LogP) is 1.23. The summed E-state index contributed by atoms with van der Waals surface area (Å²) < 4.78 is 22.3. The first kappa shape index (κ1) is 14.1. The van der Waals surface area contributed by atoms with E-state index in [4.69, 9.17) is 5.14 Å². The number of sulfonamides is 1. The summed E-state index contributed by atoms with van der Waals surface area (Å²) in [5, 5.41) is 7.81. The molecule has 96 valence electrons. The van der Waals surface area contributed by atoms with Gasteiger partial charge in [-0.2, -0.15) is 0 Å². The maximum Gasteiger partial charge on any atom is 0.247 e. The monoisotopic (exact) mass is 276 g/mol. The van der Waals surface area contributed by atoms with Gasteiger partial charge in [0.05, 0.1) is 6.04 Å². The summed E-state index contributed by atoms with van der Waals surface area (Å²) in [5.74, 6) is -0.168. The number of nitrogens with one attached hydrogen (secondary N) is 1. The Labute approximate surface area is 105 Å². The topological polar surface area (TPSA) is 89.3 Å². The highest BCUT2D eigenvalue weighted by molar-refractivity contribution is 7.91. The third-order valence-corrected chi connectivity index (χ3v) is 4.90. The molecule has 0 saturated heterocycles. The van der Waals surface area contributed by atoms with Crippen molar-refractivity contribution in [2.24, 2.45) is 11.1 Å². The molecule has 1 unspecified atom stereocenters. The largest absolute Gasteiger partial charge is 0.349 e. The zero-order chi connectivity index (χ0) is 13.2. The van der Waals surface area contributed by atoms with Crippen molar-refractivity contribution in [2.45, 2.75) is 31.0 Å². The molecule has 17 heavy (non-hydrogen) atoms. The SMILES string of the molecule is CC(C)C(=O)NC(C)c1ccc(S(N)(=O)=O)s1. The summed E-state index contributed by atoms with van der Waals surface area (Å²) >= 11 is 1.07. The van der Waals surface area contributed by atoms with Gasteiger partial charge in [0.1, 0.15) is 4.21 Å². The number of amides is 1. The zero-order valence-electron chi connectivity index (χ0n) is 9.93. The molecule has 1 rings (SSSR count). The van der Waals surface area contributed by atoms with Gasteiger partial charge in [-0.1, -0.05) is 13.8 Å². The number of carbonyl (C=O) groups is 1. The molecular formula is C10H16N2O3S2. The Balaban J connectivity index is 2.81. The van der Waals surface area contributed by atoms with Crippen molar-refractivity contribution in [1.29, 1.82) is 0 Å². The molecule has 3 N–H and O–H groups in total. The quantitative estimate of drug-likeness (QED) is 0.866. The minimum Gasteiger partial charge on any atom is -0.349 e. The standard InChI is InChI=1S/C10H16N2O3S2/c1-6(2)10(13)12-7(3)8-4-5-9(16-8)17(11,14)15/h4-7H,1-3H3,(H,12,13)(H2,11,14,15). The number of primary sulfonamides is 1. The average molecular weight is 276 g/mol. The first-order valence-electron chi connectivity index (χ1n) is 5.14. The molecule has 0 fully saturated rings. The van der Waals surface area contributed by atoms with Crippen LogP contribution in [-0.2, 0) is 14.8 Å². The predicted molar refractivity (Wildman–Crippen MR) is 67.1 cm³/mol. The lowest BCUT2D eigenvalue weighted by molar-refractivity contribution is -0.124. The second-order valence-electron chi connectivity index (χ2n) is 4.09. The molecule has 0 aromatic carbocycles. The maximum absolute atomic E-state index is 11.5. The van der Waals surface area contributed by atoms with Gasteiger partial charge in [0.25, 0.3) is 0 Å². The highest BCUT2D eigenvalue weighted by Crippen LogP contribution is 2.25. The Morgan fingerprint density at radius 3 is 2.35 bits per heavy atom. The molecule has 5 nitrogen and oxygen atoms in total. The number of rotatable bonds is 4. The molecule has 1 aromatic heterocycles. The summed E-state index contributed by atoms with van der Waals surface area (Å²) in [6.45, 7) is 5.40. The highest BCUT2D eigenvalue weighted by atomic mass is 32.2. The van der Waals surface area contributed by atoms with Gasteiger partial charge in [-0.05, 0) is 19.1 Å². The lowest BCUT2D eigenvalue weighted by atomic mass is 10.2. The van der Waals surface area contributed by atoms with Crippen molar-refractivity contribution < 1.29 is 13.2 Å². The summed E-state index contributed by atoms with van der Waals surface area (Å²) in [6.07, 6.45) is 0. The van der Waals surface area contributed by atoms with Crippen LogP contribution in [0.4, 0.5) is 0 Å². The van der Waals surface area contributed by atoms with Gasteiger partial charge in [-0.3, -0.25) is 4.79 Å². The van der Waals surface area contributed by atoms with Crippen LogP contribution in [0.3, 0.4) is 0 Å². The van der Waals surface area contributed by atoms with Gasteiger partial charge in [-0.25, -0.2) is 13.6 Å². The first-order chi connectivity index (χ1) is 7.71. The highest BCUT2D eigenvalue weighted by Gasteiger charge is 2.17. The number of thiophene rings is 1. The lowest BCUT2D eigenvalue weighted by Gasteiger charge is -2.13. The van der Waals surface area contributed by atoms with E-state index in [0.29, 0.717) is 0 Å². The van der Waals surface area contributed by atoms with Crippen molar-refractivity contribution in [2.75, 3.05) is 0 Å². The van der Waals surface area contributed by atoms with Crippen molar-refractivity contribution >= 4 is 27.3 Å². The van der Waals surface area contributed by atoms with Gasteiger partial charge in [0.2, 0.25) is 15.9 Å². The summed E-state index contributed by atoms with van der Waals surface area (Å²) in [5.41, 5.74) is 0. The molecule has 0 bridgehead atoms. The van der Waals surface area contributed by atoms with Crippen LogP contribution in [0.2, 0.25) is 0 Å². The van der Waals surface area contributed by atoms with Crippen molar-refractivity contribution in [1.82, 2.24) is 5.32 Å². The van der Waals surface area contributed by atoms with Gasteiger partial charge in [-0.15, -0.1) is 11.3 Å². The molecule has 1 amide bonds. The van der Waals surface area contributed by atoms with E-state index in [1.807, 2.05) is 0 Å². The van der Waals surface area contributed by atoms with E-state index < -0.39 is 10.0 Å². The Bertz CT molecular complexity index is 505. The van der Waals surface area contributed by atoms with E-state index in [-0.39, 0.29) is 22.1 Å². The Morgan fingerprint density at radius 2 is 1.94 bits per heavy atom. The van der Waals surface area contributed by atoms with Crippen LogP contribution in [0.25, 0.3) is 0 Å². The molecule has 1 aromatic rings.